The number of ether oxygens (including phenoxy) is 1. The van der Waals surface area contributed by atoms with Crippen LogP contribution in [0.25, 0.3) is 5.76 Å². The minimum absolute atomic E-state index is 0.118. The third kappa shape index (κ3) is 3.46. The van der Waals surface area contributed by atoms with Crippen molar-refractivity contribution >= 4 is 23.1 Å². The summed E-state index contributed by atoms with van der Waals surface area (Å²) in [7, 11) is 0. The van der Waals surface area contributed by atoms with Crippen LogP contribution in [-0.4, -0.2) is 45.9 Å². The second-order valence-corrected chi connectivity index (χ2v) is 7.27. The first-order valence-corrected chi connectivity index (χ1v) is 9.67. The molecule has 2 heterocycles. The molecule has 1 N–H and O–H groups in total. The van der Waals surface area contributed by atoms with Crippen molar-refractivity contribution in [3.8, 4) is 0 Å². The Morgan fingerprint density at radius 2 is 1.83 bits per heavy atom. The van der Waals surface area contributed by atoms with Gasteiger partial charge in [-0.2, -0.15) is 0 Å². The van der Waals surface area contributed by atoms with Gasteiger partial charge in [0.2, 0.25) is 0 Å². The molecular formula is C22H20N2O6. The monoisotopic (exact) mass is 408 g/mol. The van der Waals surface area contributed by atoms with Crippen LogP contribution in [0.4, 0.5) is 5.69 Å². The Labute approximate surface area is 172 Å². The summed E-state index contributed by atoms with van der Waals surface area (Å²) in [5.74, 6) is -2.02. The summed E-state index contributed by atoms with van der Waals surface area (Å²) >= 11 is 0. The molecule has 0 saturated carbocycles. The quantitative estimate of drug-likeness (QED) is 0.267. The number of nitro groups is 1. The summed E-state index contributed by atoms with van der Waals surface area (Å²) < 4.78 is 5.62. The number of hydrogen-bond donors (Lipinski definition) is 1. The topological polar surface area (TPSA) is 110 Å². The van der Waals surface area contributed by atoms with Gasteiger partial charge in [-0.25, -0.2) is 0 Å². The van der Waals surface area contributed by atoms with Crippen molar-refractivity contribution in [3.63, 3.8) is 0 Å². The zero-order chi connectivity index (χ0) is 21.3. The van der Waals surface area contributed by atoms with Crippen LogP contribution in [0.3, 0.4) is 0 Å². The molecule has 154 valence electrons. The van der Waals surface area contributed by atoms with Gasteiger partial charge in [0, 0.05) is 24.8 Å². The van der Waals surface area contributed by atoms with Crippen molar-refractivity contribution in [2.75, 3.05) is 13.2 Å². The molecule has 0 radical (unpaired) electrons. The molecule has 2 aromatic carbocycles. The number of carbonyl (C=O) groups excluding carboxylic acids is 2. The van der Waals surface area contributed by atoms with Crippen LogP contribution in [0.2, 0.25) is 0 Å². The lowest BCUT2D eigenvalue weighted by molar-refractivity contribution is -0.385. The number of nitrogens with zero attached hydrogens (tertiary/aromatic N) is 2. The van der Waals surface area contributed by atoms with Gasteiger partial charge in [-0.05, 0) is 18.9 Å². The van der Waals surface area contributed by atoms with E-state index in [1.54, 1.807) is 36.4 Å². The predicted octanol–water partition coefficient (Wildman–Crippen LogP) is 3.20. The molecule has 1 amide bonds. The van der Waals surface area contributed by atoms with Crippen LogP contribution in [-0.2, 0) is 14.3 Å². The Balaban J connectivity index is 1.89. The van der Waals surface area contributed by atoms with Gasteiger partial charge >= 0.3 is 0 Å². The predicted molar refractivity (Wildman–Crippen MR) is 108 cm³/mol. The first kappa shape index (κ1) is 19.8. The Hall–Kier alpha value is -3.52. The highest BCUT2D eigenvalue weighted by atomic mass is 16.6. The van der Waals surface area contributed by atoms with Crippen LogP contribution in [0, 0.1) is 10.1 Å². The van der Waals surface area contributed by atoms with Gasteiger partial charge in [0.15, 0.2) is 0 Å². The van der Waals surface area contributed by atoms with Gasteiger partial charge in [-0.3, -0.25) is 19.7 Å². The molecule has 8 heteroatoms. The third-order valence-electron chi connectivity index (χ3n) is 5.44. The third-order valence-corrected chi connectivity index (χ3v) is 5.44. The van der Waals surface area contributed by atoms with Crippen molar-refractivity contribution in [3.05, 3.63) is 81.4 Å². The molecule has 2 aromatic rings. The van der Waals surface area contributed by atoms with E-state index in [1.807, 2.05) is 0 Å². The molecule has 0 spiro atoms. The van der Waals surface area contributed by atoms with Crippen molar-refractivity contribution in [1.29, 1.82) is 0 Å². The van der Waals surface area contributed by atoms with Crippen molar-refractivity contribution in [2.45, 2.75) is 25.0 Å². The number of carbonyl (C=O) groups is 2. The van der Waals surface area contributed by atoms with Gasteiger partial charge in [0.25, 0.3) is 17.4 Å². The number of amides is 1. The molecular weight excluding hydrogens is 388 g/mol. The Morgan fingerprint density at radius 3 is 2.50 bits per heavy atom. The first-order chi connectivity index (χ1) is 14.5. The lowest BCUT2D eigenvalue weighted by atomic mass is 9.94. The van der Waals surface area contributed by atoms with Gasteiger partial charge in [-0.15, -0.1) is 0 Å². The maximum Gasteiger partial charge on any atom is 0.295 e. The number of likely N-dealkylation sites (tertiary alicyclic amines) is 1. The fourth-order valence-corrected chi connectivity index (χ4v) is 4.04. The van der Waals surface area contributed by atoms with Gasteiger partial charge in [0.1, 0.15) is 5.76 Å². The van der Waals surface area contributed by atoms with Crippen LogP contribution < -0.4 is 0 Å². The average molecular weight is 408 g/mol. The molecule has 0 aliphatic carbocycles. The number of ketones is 1. The van der Waals surface area contributed by atoms with E-state index in [1.165, 1.54) is 23.1 Å². The smallest absolute Gasteiger partial charge is 0.295 e. The number of hydrogen-bond acceptors (Lipinski definition) is 6. The number of benzene rings is 2. The van der Waals surface area contributed by atoms with E-state index < -0.39 is 22.7 Å². The molecule has 2 atom stereocenters. The zero-order valence-corrected chi connectivity index (χ0v) is 16.1. The lowest BCUT2D eigenvalue weighted by Crippen LogP contribution is -2.36. The highest BCUT2D eigenvalue weighted by Gasteiger charge is 2.48. The van der Waals surface area contributed by atoms with Gasteiger partial charge in [0.05, 0.1) is 28.2 Å². The Bertz CT molecular complexity index is 1030. The van der Waals surface area contributed by atoms with Crippen LogP contribution in [0.15, 0.2) is 60.2 Å². The number of aliphatic hydroxyl groups excluding tert-OH is 1. The molecule has 2 saturated heterocycles. The summed E-state index contributed by atoms with van der Waals surface area (Å²) in [5, 5.41) is 22.6. The molecule has 30 heavy (non-hydrogen) atoms. The number of para-hydroxylation sites is 1. The van der Waals surface area contributed by atoms with Crippen LogP contribution >= 0.6 is 0 Å². The zero-order valence-electron chi connectivity index (χ0n) is 16.1. The standard InChI is InChI=1S/C22H20N2O6/c25-20(14-7-2-1-3-8-14)18-19(16-10-4-5-11-17(16)24(28)29)23(22(27)21(18)26)13-15-9-6-12-30-15/h1-5,7-8,10-11,15,19,25H,6,9,12-13H2. The maximum atomic E-state index is 12.9. The summed E-state index contributed by atoms with van der Waals surface area (Å²) in [6.07, 6.45) is 1.31. The van der Waals surface area contributed by atoms with Gasteiger partial charge < -0.3 is 14.7 Å². The molecule has 2 fully saturated rings. The summed E-state index contributed by atoms with van der Waals surface area (Å²) in [5.41, 5.74) is 0.160. The molecule has 8 nitrogen and oxygen atoms in total. The van der Waals surface area contributed by atoms with E-state index in [0.29, 0.717) is 12.2 Å². The fourth-order valence-electron chi connectivity index (χ4n) is 4.04. The highest BCUT2D eigenvalue weighted by molar-refractivity contribution is 6.46. The van der Waals surface area contributed by atoms with E-state index in [-0.39, 0.29) is 35.2 Å². The summed E-state index contributed by atoms with van der Waals surface area (Å²) in [4.78, 5) is 38.2. The lowest BCUT2D eigenvalue weighted by Gasteiger charge is -2.27. The Morgan fingerprint density at radius 1 is 1.13 bits per heavy atom. The maximum absolute atomic E-state index is 12.9. The van der Waals surface area contributed by atoms with E-state index >= 15 is 0 Å². The minimum atomic E-state index is -1.07. The minimum Gasteiger partial charge on any atom is -0.507 e. The normalized spacial score (nSPS) is 23.1. The van der Waals surface area contributed by atoms with Crippen LogP contribution in [0.5, 0.6) is 0 Å². The van der Waals surface area contributed by atoms with E-state index in [9.17, 15) is 24.8 Å². The molecule has 0 bridgehead atoms. The molecule has 2 aliphatic heterocycles. The number of rotatable bonds is 5. The van der Waals surface area contributed by atoms with Crippen LogP contribution in [0.1, 0.15) is 30.0 Å². The van der Waals surface area contributed by atoms with Crippen molar-refractivity contribution in [1.82, 2.24) is 4.90 Å². The number of aliphatic hydroxyl groups is 1. The van der Waals surface area contributed by atoms with E-state index in [2.05, 4.69) is 0 Å². The SMILES string of the molecule is O=C1C(=O)N(CC2CCCO2)C(c2ccccc2[N+](=O)[O-])C1=C(O)c1ccccc1. The summed E-state index contributed by atoms with van der Waals surface area (Å²) in [6.45, 7) is 0.682. The van der Waals surface area contributed by atoms with Gasteiger partial charge in [-0.1, -0.05) is 42.5 Å². The molecule has 2 unspecified atom stereocenters. The first-order valence-electron chi connectivity index (χ1n) is 9.67. The Kier molecular flexibility index (Phi) is 5.33. The highest BCUT2D eigenvalue weighted by Crippen LogP contribution is 2.42. The van der Waals surface area contributed by atoms with Crippen molar-refractivity contribution in [2.24, 2.45) is 0 Å². The van der Waals surface area contributed by atoms with Crippen molar-refractivity contribution < 1.29 is 24.4 Å². The largest absolute Gasteiger partial charge is 0.507 e. The molecule has 4 rings (SSSR count). The molecule has 2 aliphatic rings. The summed E-state index contributed by atoms with van der Waals surface area (Å²) in [6, 6.07) is 13.2. The van der Waals surface area contributed by atoms with E-state index in [4.69, 9.17) is 4.74 Å². The number of nitro benzene ring substituents is 1. The molecule has 0 aromatic heterocycles. The second kappa shape index (κ2) is 8.08. The average Bonchev–Trinajstić information content (AvgIpc) is 3.36. The number of Topliss-reactive ketones (excluding diaryl/α,β-unsaturated/α-hetero) is 1. The van der Waals surface area contributed by atoms with E-state index in [0.717, 1.165) is 12.8 Å². The second-order valence-electron chi connectivity index (χ2n) is 7.27. The fraction of sp³-hybridized carbons (Fsp3) is 0.273.